The molecule has 0 amide bonds. The standard InChI is InChI=1S/C21H26BrNO3S/c1-15-10-19(26-12-16-8-6-5-7-9-16)17(11-18(15)22)21(13-25-14-21)23-27(24)20(2,3)4/h5-11,23H,12-14H2,1-4H3. The monoisotopic (exact) mass is 451 g/mol. The summed E-state index contributed by atoms with van der Waals surface area (Å²) in [6.45, 7) is 9.32. The van der Waals surface area contributed by atoms with Crippen molar-refractivity contribution in [2.75, 3.05) is 13.2 Å². The number of hydrogen-bond donors (Lipinski definition) is 1. The summed E-state index contributed by atoms with van der Waals surface area (Å²) < 4.78 is 28.5. The average Bonchev–Trinajstić information content (AvgIpc) is 2.59. The minimum Gasteiger partial charge on any atom is -0.489 e. The number of halogens is 1. The Morgan fingerprint density at radius 2 is 1.89 bits per heavy atom. The highest BCUT2D eigenvalue weighted by molar-refractivity contribution is 9.10. The third kappa shape index (κ3) is 4.62. The maximum absolute atomic E-state index is 12.8. The predicted molar refractivity (Wildman–Crippen MR) is 113 cm³/mol. The van der Waals surface area contributed by atoms with Gasteiger partial charge in [-0.05, 0) is 51.0 Å². The van der Waals surface area contributed by atoms with Gasteiger partial charge in [-0.2, -0.15) is 0 Å². The van der Waals surface area contributed by atoms with E-state index in [4.69, 9.17) is 9.47 Å². The molecule has 1 atom stereocenters. The SMILES string of the molecule is Cc1cc(OCc2ccccc2)c(C2(NS(=O)C(C)(C)C)COC2)cc1Br. The van der Waals surface area contributed by atoms with Crippen LogP contribution < -0.4 is 9.46 Å². The summed E-state index contributed by atoms with van der Waals surface area (Å²) in [6, 6.07) is 14.2. The Labute approximate surface area is 172 Å². The molecule has 3 rings (SSSR count). The molecule has 27 heavy (non-hydrogen) atoms. The molecule has 0 bridgehead atoms. The van der Waals surface area contributed by atoms with E-state index in [1.165, 1.54) is 0 Å². The van der Waals surface area contributed by atoms with Gasteiger partial charge in [0.25, 0.3) is 0 Å². The van der Waals surface area contributed by atoms with Crippen LogP contribution >= 0.6 is 15.9 Å². The molecule has 1 fully saturated rings. The Hall–Kier alpha value is -1.21. The summed E-state index contributed by atoms with van der Waals surface area (Å²) in [5, 5.41) is 0. The highest BCUT2D eigenvalue weighted by Crippen LogP contribution is 2.40. The number of ether oxygens (including phenoxy) is 2. The number of hydrogen-bond acceptors (Lipinski definition) is 3. The lowest BCUT2D eigenvalue weighted by Crippen LogP contribution is -2.60. The van der Waals surface area contributed by atoms with Gasteiger partial charge in [0.2, 0.25) is 0 Å². The normalized spacial score (nSPS) is 17.2. The van der Waals surface area contributed by atoms with Gasteiger partial charge in [-0.25, -0.2) is 8.93 Å². The lowest BCUT2D eigenvalue weighted by atomic mass is 9.88. The predicted octanol–water partition coefficient (Wildman–Crippen LogP) is 4.61. The van der Waals surface area contributed by atoms with Gasteiger partial charge in [0, 0.05) is 10.0 Å². The molecule has 0 aromatic heterocycles. The van der Waals surface area contributed by atoms with Crippen LogP contribution in [0.15, 0.2) is 46.9 Å². The molecule has 0 saturated carbocycles. The second kappa shape index (κ2) is 8.03. The first-order valence-electron chi connectivity index (χ1n) is 8.96. The first-order chi connectivity index (χ1) is 12.7. The Bertz CT molecular complexity index is 829. The van der Waals surface area contributed by atoms with Crippen LogP contribution in [0.5, 0.6) is 5.75 Å². The van der Waals surface area contributed by atoms with Crippen LogP contribution in [0.1, 0.15) is 37.5 Å². The van der Waals surface area contributed by atoms with Gasteiger partial charge in [0.15, 0.2) is 0 Å². The molecule has 2 aromatic carbocycles. The van der Waals surface area contributed by atoms with Gasteiger partial charge >= 0.3 is 0 Å². The van der Waals surface area contributed by atoms with Crippen molar-refractivity contribution in [3.63, 3.8) is 0 Å². The van der Waals surface area contributed by atoms with E-state index in [0.29, 0.717) is 19.8 Å². The van der Waals surface area contributed by atoms with Crippen molar-refractivity contribution < 1.29 is 13.7 Å². The third-order valence-electron chi connectivity index (χ3n) is 4.55. The molecule has 2 aromatic rings. The van der Waals surface area contributed by atoms with Gasteiger partial charge in [-0.3, -0.25) is 0 Å². The fourth-order valence-corrected chi connectivity index (χ4v) is 4.02. The van der Waals surface area contributed by atoms with Crippen molar-refractivity contribution in [3.8, 4) is 5.75 Å². The fourth-order valence-electron chi connectivity index (χ4n) is 2.79. The van der Waals surface area contributed by atoms with E-state index >= 15 is 0 Å². The minimum absolute atomic E-state index is 0.365. The highest BCUT2D eigenvalue weighted by Gasteiger charge is 2.45. The van der Waals surface area contributed by atoms with Gasteiger partial charge in [0.05, 0.1) is 28.9 Å². The zero-order chi connectivity index (χ0) is 19.7. The second-order valence-corrected chi connectivity index (χ2v) is 10.8. The van der Waals surface area contributed by atoms with Crippen molar-refractivity contribution in [1.29, 1.82) is 0 Å². The summed E-state index contributed by atoms with van der Waals surface area (Å²) >= 11 is 3.63. The quantitative estimate of drug-likeness (QED) is 0.696. The molecule has 1 N–H and O–H groups in total. The molecule has 0 spiro atoms. The minimum atomic E-state index is -1.22. The zero-order valence-corrected chi connectivity index (χ0v) is 18.6. The Morgan fingerprint density at radius 1 is 1.22 bits per heavy atom. The molecule has 1 aliphatic heterocycles. The molecule has 6 heteroatoms. The van der Waals surface area contributed by atoms with Gasteiger partial charge in [-0.1, -0.05) is 46.3 Å². The van der Waals surface area contributed by atoms with E-state index < -0.39 is 16.5 Å². The molecule has 4 nitrogen and oxygen atoms in total. The molecule has 1 aliphatic rings. The van der Waals surface area contributed by atoms with Crippen LogP contribution in [0.3, 0.4) is 0 Å². The lowest BCUT2D eigenvalue weighted by molar-refractivity contribution is -0.0671. The largest absolute Gasteiger partial charge is 0.489 e. The van der Waals surface area contributed by atoms with E-state index in [-0.39, 0.29) is 4.75 Å². The van der Waals surface area contributed by atoms with E-state index in [1.54, 1.807) is 0 Å². The zero-order valence-electron chi connectivity index (χ0n) is 16.2. The average molecular weight is 452 g/mol. The summed E-state index contributed by atoms with van der Waals surface area (Å²) in [5.41, 5.74) is 2.66. The second-order valence-electron chi connectivity index (χ2n) is 7.93. The van der Waals surface area contributed by atoms with Crippen molar-refractivity contribution in [3.05, 3.63) is 63.6 Å². The highest BCUT2D eigenvalue weighted by atomic mass is 79.9. The van der Waals surface area contributed by atoms with Gasteiger partial charge in [0.1, 0.15) is 17.9 Å². The van der Waals surface area contributed by atoms with Crippen LogP contribution in [-0.2, 0) is 27.9 Å². The Balaban J connectivity index is 1.93. The van der Waals surface area contributed by atoms with E-state index in [9.17, 15) is 4.21 Å². The Morgan fingerprint density at radius 3 is 2.44 bits per heavy atom. The van der Waals surface area contributed by atoms with Crippen LogP contribution in [0.25, 0.3) is 0 Å². The topological polar surface area (TPSA) is 47.6 Å². The number of aryl methyl sites for hydroxylation is 1. The van der Waals surface area contributed by atoms with Crippen LogP contribution in [0.4, 0.5) is 0 Å². The van der Waals surface area contributed by atoms with Crippen LogP contribution in [0, 0.1) is 6.92 Å². The van der Waals surface area contributed by atoms with E-state index in [1.807, 2.05) is 64.1 Å². The Kier molecular flexibility index (Phi) is 6.11. The van der Waals surface area contributed by atoms with Crippen LogP contribution in [0.2, 0.25) is 0 Å². The summed E-state index contributed by atoms with van der Waals surface area (Å²) in [6.07, 6.45) is 0. The molecule has 0 aliphatic carbocycles. The van der Waals surface area contributed by atoms with Crippen molar-refractivity contribution in [1.82, 2.24) is 4.72 Å². The maximum atomic E-state index is 12.8. The molecule has 1 unspecified atom stereocenters. The first kappa shape index (κ1) is 20.5. The smallest absolute Gasteiger partial charge is 0.125 e. The fraction of sp³-hybridized carbons (Fsp3) is 0.429. The number of nitrogens with one attached hydrogen (secondary N) is 1. The van der Waals surface area contributed by atoms with Crippen molar-refractivity contribution in [2.24, 2.45) is 0 Å². The van der Waals surface area contributed by atoms with Crippen molar-refractivity contribution >= 4 is 26.9 Å². The summed E-state index contributed by atoms with van der Waals surface area (Å²) in [5.74, 6) is 0.793. The summed E-state index contributed by atoms with van der Waals surface area (Å²) in [7, 11) is -1.22. The molecule has 146 valence electrons. The maximum Gasteiger partial charge on any atom is 0.125 e. The molecule has 0 radical (unpaired) electrons. The molecule has 1 heterocycles. The van der Waals surface area contributed by atoms with Crippen LogP contribution in [-0.4, -0.2) is 22.2 Å². The summed E-state index contributed by atoms with van der Waals surface area (Å²) in [4.78, 5) is 0. The van der Waals surface area contributed by atoms with Crippen molar-refractivity contribution in [2.45, 2.75) is 44.6 Å². The molecular weight excluding hydrogens is 426 g/mol. The first-order valence-corrected chi connectivity index (χ1v) is 10.9. The van der Waals surface area contributed by atoms with Gasteiger partial charge < -0.3 is 9.47 Å². The molecular formula is C21H26BrNO3S. The number of benzene rings is 2. The van der Waals surface area contributed by atoms with Gasteiger partial charge in [-0.15, -0.1) is 0 Å². The van der Waals surface area contributed by atoms with E-state index in [2.05, 4.69) is 26.7 Å². The van der Waals surface area contributed by atoms with E-state index in [0.717, 1.165) is 26.9 Å². The lowest BCUT2D eigenvalue weighted by Gasteiger charge is -2.44. The number of rotatable bonds is 6. The third-order valence-corrected chi connectivity index (χ3v) is 7.10. The molecule has 1 saturated heterocycles.